The third-order valence-electron chi connectivity index (χ3n) is 2.63. The molecular weight excluding hydrogens is 238 g/mol. The Morgan fingerprint density at radius 2 is 2.17 bits per heavy atom. The van der Waals surface area contributed by atoms with Gasteiger partial charge < -0.3 is 9.84 Å². The van der Waals surface area contributed by atoms with Gasteiger partial charge in [-0.2, -0.15) is 0 Å². The number of carboxylic acid groups (broad SMARTS) is 1. The maximum Gasteiger partial charge on any atom is 0.335 e. The summed E-state index contributed by atoms with van der Waals surface area (Å²) in [5.41, 5.74) is 1.12. The zero-order chi connectivity index (χ0) is 13.3. The van der Waals surface area contributed by atoms with E-state index in [1.807, 2.05) is 0 Å². The average molecular weight is 249 g/mol. The summed E-state index contributed by atoms with van der Waals surface area (Å²) in [4.78, 5) is 22.3. The van der Waals surface area contributed by atoms with Crippen molar-refractivity contribution in [1.29, 1.82) is 0 Å². The van der Waals surface area contributed by atoms with Gasteiger partial charge in [0.15, 0.2) is 0 Å². The number of ether oxygens (including phenoxy) is 1. The lowest BCUT2D eigenvalue weighted by atomic mass is 10.2. The molecule has 94 valence electrons. The van der Waals surface area contributed by atoms with Gasteiger partial charge in [0, 0.05) is 0 Å². The van der Waals surface area contributed by atoms with Gasteiger partial charge in [0.1, 0.15) is 11.6 Å². The molecule has 0 radical (unpaired) electrons. The molecule has 0 bridgehead atoms. The van der Waals surface area contributed by atoms with E-state index in [2.05, 4.69) is 15.0 Å². The van der Waals surface area contributed by atoms with E-state index in [1.165, 1.54) is 23.9 Å². The van der Waals surface area contributed by atoms with E-state index in [-0.39, 0.29) is 5.56 Å². The molecule has 2 rings (SSSR count). The number of aromatic nitrogens is 3. The molecule has 1 aromatic heterocycles. The number of hydrogen-bond donors (Lipinski definition) is 1. The quantitative estimate of drug-likeness (QED) is 0.811. The van der Waals surface area contributed by atoms with Crippen molar-refractivity contribution in [3.8, 4) is 0 Å². The number of esters is 1. The Kier molecular flexibility index (Phi) is 2.97. The Labute approximate surface area is 102 Å². The van der Waals surface area contributed by atoms with Gasteiger partial charge in [-0.15, -0.1) is 5.10 Å². The van der Waals surface area contributed by atoms with Gasteiger partial charge in [0.25, 0.3) is 0 Å². The standard InChI is InChI=1S/C11H11N3O4/c1-6(11(17)18-2)14-9-5-7(10(15)16)3-4-8(9)12-13-14/h3-6H,1-2H3,(H,15,16). The van der Waals surface area contributed by atoms with Crippen LogP contribution in [0, 0.1) is 0 Å². The minimum atomic E-state index is -1.05. The largest absolute Gasteiger partial charge is 0.478 e. The fraction of sp³-hybridized carbons (Fsp3) is 0.273. The summed E-state index contributed by atoms with van der Waals surface area (Å²) < 4.78 is 5.96. The van der Waals surface area contributed by atoms with Crippen LogP contribution in [0.4, 0.5) is 0 Å². The fourth-order valence-electron chi connectivity index (χ4n) is 1.63. The first-order valence-corrected chi connectivity index (χ1v) is 5.20. The number of carboxylic acids is 1. The van der Waals surface area contributed by atoms with E-state index >= 15 is 0 Å². The van der Waals surface area contributed by atoms with Gasteiger partial charge in [0.05, 0.1) is 18.2 Å². The Morgan fingerprint density at radius 3 is 2.78 bits per heavy atom. The Bertz CT molecular complexity index is 620. The second-order valence-electron chi connectivity index (χ2n) is 3.74. The summed E-state index contributed by atoms with van der Waals surface area (Å²) in [6.45, 7) is 1.60. The van der Waals surface area contributed by atoms with Crippen molar-refractivity contribution < 1.29 is 19.4 Å². The summed E-state index contributed by atoms with van der Waals surface area (Å²) in [5.74, 6) is -1.52. The van der Waals surface area contributed by atoms with Crippen LogP contribution in [0.1, 0.15) is 23.3 Å². The molecule has 2 aromatic rings. The maximum absolute atomic E-state index is 11.4. The minimum absolute atomic E-state index is 0.114. The van der Waals surface area contributed by atoms with Crippen molar-refractivity contribution in [2.75, 3.05) is 7.11 Å². The number of carbonyl (C=O) groups is 2. The molecule has 1 unspecified atom stereocenters. The molecule has 7 nitrogen and oxygen atoms in total. The topological polar surface area (TPSA) is 94.3 Å². The summed E-state index contributed by atoms with van der Waals surface area (Å²) in [7, 11) is 1.28. The molecule has 1 aromatic carbocycles. The highest BCUT2D eigenvalue weighted by Crippen LogP contribution is 2.18. The second kappa shape index (κ2) is 4.44. The molecule has 1 heterocycles. The number of methoxy groups -OCH3 is 1. The monoisotopic (exact) mass is 249 g/mol. The average Bonchev–Trinajstić information content (AvgIpc) is 2.79. The smallest absolute Gasteiger partial charge is 0.335 e. The molecule has 0 fully saturated rings. The van der Waals surface area contributed by atoms with Gasteiger partial charge in [-0.05, 0) is 25.1 Å². The molecule has 7 heteroatoms. The maximum atomic E-state index is 11.4. The zero-order valence-corrected chi connectivity index (χ0v) is 9.82. The summed E-state index contributed by atoms with van der Waals surface area (Å²) >= 11 is 0. The van der Waals surface area contributed by atoms with E-state index in [4.69, 9.17) is 5.11 Å². The second-order valence-corrected chi connectivity index (χ2v) is 3.74. The van der Waals surface area contributed by atoms with Crippen LogP contribution in [0.3, 0.4) is 0 Å². The lowest BCUT2D eigenvalue weighted by Gasteiger charge is -2.09. The van der Waals surface area contributed by atoms with Crippen LogP contribution in [0.15, 0.2) is 18.2 Å². The first-order valence-electron chi connectivity index (χ1n) is 5.20. The molecule has 0 saturated heterocycles. The normalized spacial score (nSPS) is 12.3. The molecule has 0 saturated carbocycles. The highest BCUT2D eigenvalue weighted by Gasteiger charge is 2.19. The van der Waals surface area contributed by atoms with Gasteiger partial charge >= 0.3 is 11.9 Å². The lowest BCUT2D eigenvalue weighted by molar-refractivity contribution is -0.144. The Hall–Kier alpha value is -2.44. The summed E-state index contributed by atoms with van der Waals surface area (Å²) in [5, 5.41) is 16.6. The minimum Gasteiger partial charge on any atom is -0.478 e. The highest BCUT2D eigenvalue weighted by molar-refractivity contribution is 5.92. The van der Waals surface area contributed by atoms with Crippen LogP contribution in [-0.2, 0) is 9.53 Å². The van der Waals surface area contributed by atoms with E-state index in [1.54, 1.807) is 13.0 Å². The van der Waals surface area contributed by atoms with E-state index < -0.39 is 18.0 Å². The first kappa shape index (κ1) is 12.0. The van der Waals surface area contributed by atoms with Crippen LogP contribution in [0.2, 0.25) is 0 Å². The molecule has 1 N–H and O–H groups in total. The predicted octanol–water partition coefficient (Wildman–Crippen LogP) is 0.863. The summed E-state index contributed by atoms with van der Waals surface area (Å²) in [6, 6.07) is 3.75. The Morgan fingerprint density at radius 1 is 1.44 bits per heavy atom. The number of fused-ring (bicyclic) bond motifs is 1. The van der Waals surface area contributed by atoms with Crippen molar-refractivity contribution in [3.63, 3.8) is 0 Å². The molecule has 0 spiro atoms. The zero-order valence-electron chi connectivity index (χ0n) is 9.82. The number of rotatable bonds is 3. The number of nitrogens with zero attached hydrogens (tertiary/aromatic N) is 3. The molecular formula is C11H11N3O4. The Balaban J connectivity index is 2.55. The third-order valence-corrected chi connectivity index (χ3v) is 2.63. The summed E-state index contributed by atoms with van der Waals surface area (Å²) in [6.07, 6.45) is 0. The molecule has 0 aliphatic rings. The van der Waals surface area contributed by atoms with Crippen LogP contribution < -0.4 is 0 Å². The SMILES string of the molecule is COC(=O)C(C)n1nnc2ccc(C(=O)O)cc21. The van der Waals surface area contributed by atoms with Gasteiger partial charge in [-0.25, -0.2) is 14.3 Å². The van der Waals surface area contributed by atoms with Crippen LogP contribution in [0.5, 0.6) is 0 Å². The van der Waals surface area contributed by atoms with E-state index in [0.29, 0.717) is 11.0 Å². The predicted molar refractivity (Wildman–Crippen MR) is 61.2 cm³/mol. The van der Waals surface area contributed by atoms with Crippen molar-refractivity contribution in [1.82, 2.24) is 15.0 Å². The van der Waals surface area contributed by atoms with E-state index in [0.717, 1.165) is 0 Å². The van der Waals surface area contributed by atoms with Gasteiger partial charge in [0.2, 0.25) is 0 Å². The molecule has 0 aliphatic carbocycles. The van der Waals surface area contributed by atoms with Crippen LogP contribution in [-0.4, -0.2) is 39.1 Å². The van der Waals surface area contributed by atoms with Gasteiger partial charge in [-0.1, -0.05) is 5.21 Å². The van der Waals surface area contributed by atoms with Crippen molar-refractivity contribution in [3.05, 3.63) is 23.8 Å². The van der Waals surface area contributed by atoms with Gasteiger partial charge in [-0.3, -0.25) is 0 Å². The van der Waals surface area contributed by atoms with Crippen molar-refractivity contribution in [2.45, 2.75) is 13.0 Å². The third kappa shape index (κ3) is 1.90. The van der Waals surface area contributed by atoms with Crippen LogP contribution >= 0.6 is 0 Å². The molecule has 1 atom stereocenters. The number of aromatic carboxylic acids is 1. The molecule has 0 aliphatic heterocycles. The lowest BCUT2D eigenvalue weighted by Crippen LogP contribution is -2.19. The fourth-order valence-corrected chi connectivity index (χ4v) is 1.63. The number of carbonyl (C=O) groups excluding carboxylic acids is 1. The van der Waals surface area contributed by atoms with Crippen LogP contribution in [0.25, 0.3) is 11.0 Å². The van der Waals surface area contributed by atoms with Crippen molar-refractivity contribution >= 4 is 23.0 Å². The van der Waals surface area contributed by atoms with Crippen molar-refractivity contribution in [2.24, 2.45) is 0 Å². The van der Waals surface area contributed by atoms with E-state index in [9.17, 15) is 9.59 Å². The molecule has 0 amide bonds. The first-order chi connectivity index (χ1) is 8.54. The molecule has 18 heavy (non-hydrogen) atoms. The highest BCUT2D eigenvalue weighted by atomic mass is 16.5. The number of benzene rings is 1. The number of hydrogen-bond acceptors (Lipinski definition) is 5.